The Morgan fingerprint density at radius 1 is 1.56 bits per heavy atom. The summed E-state index contributed by atoms with van der Waals surface area (Å²) in [5, 5.41) is 9.14. The van der Waals surface area contributed by atoms with Gasteiger partial charge in [0.1, 0.15) is 11.8 Å². The fraction of sp³-hybridized carbons (Fsp3) is 0.500. The molecular formula is C14H19N3O. The monoisotopic (exact) mass is 245 g/mol. The van der Waals surface area contributed by atoms with E-state index in [1.165, 1.54) is 0 Å². The largest absolute Gasteiger partial charge is 0.495 e. The van der Waals surface area contributed by atoms with Crippen LogP contribution in [0.3, 0.4) is 0 Å². The fourth-order valence-corrected chi connectivity index (χ4v) is 2.80. The molecule has 96 valence electrons. The van der Waals surface area contributed by atoms with Crippen LogP contribution in [0.5, 0.6) is 5.75 Å². The molecule has 1 aliphatic rings. The second-order valence-corrected chi connectivity index (χ2v) is 4.78. The number of nitrogens with two attached hydrogens (primary N) is 1. The van der Waals surface area contributed by atoms with Gasteiger partial charge in [0.25, 0.3) is 0 Å². The van der Waals surface area contributed by atoms with Crippen molar-refractivity contribution in [3.63, 3.8) is 0 Å². The summed E-state index contributed by atoms with van der Waals surface area (Å²) in [6.07, 6.45) is 1.12. The van der Waals surface area contributed by atoms with Gasteiger partial charge in [-0.3, -0.25) is 4.90 Å². The maximum atomic E-state index is 9.14. The lowest BCUT2D eigenvalue weighted by molar-refractivity contribution is 0.279. The third-order valence-electron chi connectivity index (χ3n) is 3.76. The van der Waals surface area contributed by atoms with E-state index >= 15 is 0 Å². The number of rotatable bonds is 3. The zero-order valence-corrected chi connectivity index (χ0v) is 10.9. The van der Waals surface area contributed by atoms with Crippen molar-refractivity contribution in [2.75, 3.05) is 27.2 Å². The molecule has 2 atom stereocenters. The van der Waals surface area contributed by atoms with Crippen molar-refractivity contribution in [3.8, 4) is 11.8 Å². The molecule has 2 rings (SSSR count). The molecule has 4 heteroatoms. The molecule has 0 bridgehead atoms. The molecule has 0 saturated carbocycles. The number of hydrogen-bond donors (Lipinski definition) is 1. The minimum Gasteiger partial charge on any atom is -0.495 e. The van der Waals surface area contributed by atoms with E-state index in [2.05, 4.69) is 18.0 Å². The van der Waals surface area contributed by atoms with Crippen molar-refractivity contribution in [1.29, 1.82) is 5.26 Å². The molecule has 18 heavy (non-hydrogen) atoms. The Labute approximate surface area is 108 Å². The Hall–Kier alpha value is -1.57. The van der Waals surface area contributed by atoms with Gasteiger partial charge in [0.2, 0.25) is 0 Å². The number of nitrogens with zero attached hydrogens (tertiary/aromatic N) is 2. The summed E-state index contributed by atoms with van der Waals surface area (Å²) in [6, 6.07) is 8.33. The van der Waals surface area contributed by atoms with Crippen LogP contribution in [0.2, 0.25) is 0 Å². The van der Waals surface area contributed by atoms with Crippen molar-refractivity contribution in [2.24, 2.45) is 11.7 Å². The van der Waals surface area contributed by atoms with Gasteiger partial charge in [-0.2, -0.15) is 5.26 Å². The van der Waals surface area contributed by atoms with E-state index < -0.39 is 0 Å². The topological polar surface area (TPSA) is 62.3 Å². The van der Waals surface area contributed by atoms with E-state index in [1.54, 1.807) is 7.11 Å². The van der Waals surface area contributed by atoms with Gasteiger partial charge >= 0.3 is 0 Å². The van der Waals surface area contributed by atoms with Crippen LogP contribution < -0.4 is 10.5 Å². The molecular weight excluding hydrogens is 226 g/mol. The van der Waals surface area contributed by atoms with E-state index in [0.29, 0.717) is 29.8 Å². The van der Waals surface area contributed by atoms with Crippen LogP contribution in [-0.4, -0.2) is 32.1 Å². The molecule has 4 nitrogen and oxygen atoms in total. The summed E-state index contributed by atoms with van der Waals surface area (Å²) in [7, 11) is 3.69. The number of benzene rings is 1. The van der Waals surface area contributed by atoms with Crippen LogP contribution >= 0.6 is 0 Å². The quantitative estimate of drug-likeness (QED) is 0.877. The predicted octanol–water partition coefficient (Wildman–Crippen LogP) is 1.52. The summed E-state index contributed by atoms with van der Waals surface area (Å²) >= 11 is 0. The summed E-state index contributed by atoms with van der Waals surface area (Å²) in [4.78, 5) is 2.31. The van der Waals surface area contributed by atoms with E-state index in [-0.39, 0.29) is 0 Å². The lowest BCUT2D eigenvalue weighted by atomic mass is 9.93. The molecule has 1 heterocycles. The van der Waals surface area contributed by atoms with Crippen molar-refractivity contribution in [1.82, 2.24) is 4.90 Å². The molecule has 0 radical (unpaired) electrons. The van der Waals surface area contributed by atoms with E-state index in [0.717, 1.165) is 18.5 Å². The van der Waals surface area contributed by atoms with Crippen LogP contribution in [-0.2, 0) is 0 Å². The van der Waals surface area contributed by atoms with Gasteiger partial charge < -0.3 is 10.5 Å². The normalized spacial score (nSPS) is 23.9. The lowest BCUT2D eigenvalue weighted by Crippen LogP contribution is -2.25. The van der Waals surface area contributed by atoms with Crippen LogP contribution in [0.25, 0.3) is 0 Å². The number of ether oxygens (including phenoxy) is 1. The molecule has 0 aromatic heterocycles. The van der Waals surface area contributed by atoms with Gasteiger partial charge in [0.05, 0.1) is 12.7 Å². The highest BCUT2D eigenvalue weighted by molar-refractivity contribution is 5.46. The zero-order chi connectivity index (χ0) is 13.1. The highest BCUT2D eigenvalue weighted by Gasteiger charge is 2.32. The second-order valence-electron chi connectivity index (χ2n) is 4.78. The summed E-state index contributed by atoms with van der Waals surface area (Å²) in [5.41, 5.74) is 7.58. The van der Waals surface area contributed by atoms with Crippen molar-refractivity contribution in [2.45, 2.75) is 12.5 Å². The number of hydrogen-bond acceptors (Lipinski definition) is 4. The molecule has 1 aromatic rings. The van der Waals surface area contributed by atoms with Crippen molar-refractivity contribution >= 4 is 0 Å². The average molecular weight is 245 g/mol. The summed E-state index contributed by atoms with van der Waals surface area (Å²) in [5.74, 6) is 1.10. The minimum atomic E-state index is 0.313. The Morgan fingerprint density at radius 3 is 2.94 bits per heavy atom. The Bertz CT molecular complexity index is 467. The van der Waals surface area contributed by atoms with Crippen molar-refractivity contribution < 1.29 is 4.74 Å². The molecule has 0 amide bonds. The Kier molecular flexibility index (Phi) is 3.85. The Morgan fingerprint density at radius 2 is 2.33 bits per heavy atom. The second kappa shape index (κ2) is 5.38. The third kappa shape index (κ3) is 2.20. The van der Waals surface area contributed by atoms with Gasteiger partial charge in [-0.1, -0.05) is 6.07 Å². The molecule has 2 N–H and O–H groups in total. The number of nitriles is 1. The van der Waals surface area contributed by atoms with E-state index in [1.807, 2.05) is 18.2 Å². The van der Waals surface area contributed by atoms with Crippen LogP contribution in [0.1, 0.15) is 23.6 Å². The smallest absolute Gasteiger partial charge is 0.136 e. The first-order chi connectivity index (χ1) is 8.71. The summed E-state index contributed by atoms with van der Waals surface area (Å²) in [6.45, 7) is 1.74. The van der Waals surface area contributed by atoms with E-state index in [9.17, 15) is 0 Å². The molecule has 2 unspecified atom stereocenters. The summed E-state index contributed by atoms with van der Waals surface area (Å²) < 4.78 is 5.17. The molecule has 0 spiro atoms. The van der Waals surface area contributed by atoms with Gasteiger partial charge in [-0.05, 0) is 50.2 Å². The highest BCUT2D eigenvalue weighted by atomic mass is 16.5. The molecule has 1 aliphatic heterocycles. The first-order valence-electron chi connectivity index (χ1n) is 6.19. The van der Waals surface area contributed by atoms with Crippen LogP contribution in [0.15, 0.2) is 18.2 Å². The molecule has 1 fully saturated rings. The zero-order valence-electron chi connectivity index (χ0n) is 10.9. The maximum Gasteiger partial charge on any atom is 0.136 e. The van der Waals surface area contributed by atoms with Gasteiger partial charge in [0, 0.05) is 6.04 Å². The highest BCUT2D eigenvalue weighted by Crippen LogP contribution is 2.36. The molecule has 0 aliphatic carbocycles. The fourth-order valence-electron chi connectivity index (χ4n) is 2.80. The van der Waals surface area contributed by atoms with Gasteiger partial charge in [0.15, 0.2) is 0 Å². The standard InChI is InChI=1S/C14H19N3O/c1-17-6-5-11(8-15)14(17)10-3-4-13(18-2)12(7-10)9-16/h3-4,7,11,14H,5-6,8,15H2,1-2H3. The first kappa shape index (κ1) is 12.9. The van der Waals surface area contributed by atoms with Gasteiger partial charge in [-0.25, -0.2) is 0 Å². The lowest BCUT2D eigenvalue weighted by Gasteiger charge is -2.25. The predicted molar refractivity (Wildman–Crippen MR) is 70.2 cm³/mol. The molecule has 1 aromatic carbocycles. The molecule has 1 saturated heterocycles. The first-order valence-corrected chi connectivity index (χ1v) is 6.19. The minimum absolute atomic E-state index is 0.313. The van der Waals surface area contributed by atoms with Crippen LogP contribution in [0, 0.1) is 17.2 Å². The number of likely N-dealkylation sites (tertiary alicyclic amines) is 1. The third-order valence-corrected chi connectivity index (χ3v) is 3.76. The van der Waals surface area contributed by atoms with Gasteiger partial charge in [-0.15, -0.1) is 0 Å². The van der Waals surface area contributed by atoms with Crippen molar-refractivity contribution in [3.05, 3.63) is 29.3 Å². The average Bonchev–Trinajstić information content (AvgIpc) is 2.79. The number of methoxy groups -OCH3 is 1. The van der Waals surface area contributed by atoms with E-state index in [4.69, 9.17) is 15.7 Å². The van der Waals surface area contributed by atoms with Crippen LogP contribution in [0.4, 0.5) is 0 Å². The maximum absolute atomic E-state index is 9.14. The SMILES string of the molecule is COc1ccc(C2C(CN)CCN2C)cc1C#N. The Balaban J connectivity index is 2.36.